The SMILES string of the molecule is O=[N+]([O-])c1ccccc1NCCc1ccc(Cl)cc1C(F)(F)F. The van der Waals surface area contributed by atoms with E-state index in [-0.39, 0.29) is 34.9 Å². The van der Waals surface area contributed by atoms with Gasteiger partial charge in [-0.1, -0.05) is 29.8 Å². The maximum absolute atomic E-state index is 13.0. The fourth-order valence-corrected chi connectivity index (χ4v) is 2.32. The summed E-state index contributed by atoms with van der Waals surface area (Å²) in [4.78, 5) is 10.3. The van der Waals surface area contributed by atoms with Gasteiger partial charge in [-0.25, -0.2) is 0 Å². The monoisotopic (exact) mass is 344 g/mol. The number of hydrogen-bond donors (Lipinski definition) is 1. The summed E-state index contributed by atoms with van der Waals surface area (Å²) in [5, 5.41) is 13.7. The summed E-state index contributed by atoms with van der Waals surface area (Å²) in [6, 6.07) is 9.53. The molecule has 2 rings (SSSR count). The molecule has 122 valence electrons. The van der Waals surface area contributed by atoms with Crippen molar-refractivity contribution in [2.24, 2.45) is 0 Å². The van der Waals surface area contributed by atoms with Gasteiger partial charge in [0.15, 0.2) is 0 Å². The molecular weight excluding hydrogens is 333 g/mol. The van der Waals surface area contributed by atoms with E-state index in [0.29, 0.717) is 0 Å². The molecule has 0 heterocycles. The van der Waals surface area contributed by atoms with Gasteiger partial charge in [0.2, 0.25) is 0 Å². The van der Waals surface area contributed by atoms with E-state index in [4.69, 9.17) is 11.6 Å². The van der Waals surface area contributed by atoms with Crippen molar-refractivity contribution in [1.82, 2.24) is 0 Å². The van der Waals surface area contributed by atoms with Gasteiger partial charge in [0.05, 0.1) is 10.5 Å². The van der Waals surface area contributed by atoms with E-state index in [2.05, 4.69) is 5.32 Å². The predicted octanol–water partition coefficient (Wildman–Crippen LogP) is 4.92. The molecule has 2 aromatic carbocycles. The second-order valence-corrected chi connectivity index (χ2v) is 5.19. The molecule has 0 saturated carbocycles. The molecule has 0 spiro atoms. The van der Waals surface area contributed by atoms with Crippen LogP contribution in [-0.4, -0.2) is 11.5 Å². The quantitative estimate of drug-likeness (QED) is 0.618. The fraction of sp³-hybridized carbons (Fsp3) is 0.200. The van der Waals surface area contributed by atoms with Crippen molar-refractivity contribution in [2.75, 3.05) is 11.9 Å². The highest BCUT2D eigenvalue weighted by Gasteiger charge is 2.33. The molecule has 2 aromatic rings. The van der Waals surface area contributed by atoms with Crippen LogP contribution in [0.1, 0.15) is 11.1 Å². The fourth-order valence-electron chi connectivity index (χ4n) is 2.14. The van der Waals surface area contributed by atoms with Gasteiger partial charge < -0.3 is 5.32 Å². The van der Waals surface area contributed by atoms with Gasteiger partial charge in [-0.05, 0) is 30.2 Å². The summed E-state index contributed by atoms with van der Waals surface area (Å²) in [6.07, 6.45) is -4.45. The van der Waals surface area contributed by atoms with Crippen molar-refractivity contribution >= 4 is 23.0 Å². The zero-order valence-electron chi connectivity index (χ0n) is 11.7. The maximum Gasteiger partial charge on any atom is 0.416 e. The molecule has 0 atom stereocenters. The molecule has 0 unspecified atom stereocenters. The molecule has 0 aromatic heterocycles. The largest absolute Gasteiger partial charge is 0.416 e. The summed E-state index contributed by atoms with van der Waals surface area (Å²) >= 11 is 5.62. The van der Waals surface area contributed by atoms with Gasteiger partial charge in [-0.2, -0.15) is 13.2 Å². The van der Waals surface area contributed by atoms with Crippen molar-refractivity contribution in [2.45, 2.75) is 12.6 Å². The lowest BCUT2D eigenvalue weighted by atomic mass is 10.0. The predicted molar refractivity (Wildman–Crippen MR) is 81.7 cm³/mol. The smallest absolute Gasteiger partial charge is 0.379 e. The Kier molecular flexibility index (Phi) is 5.10. The van der Waals surface area contributed by atoms with Crippen LogP contribution in [0.2, 0.25) is 5.02 Å². The van der Waals surface area contributed by atoms with Crippen LogP contribution >= 0.6 is 11.6 Å². The number of benzene rings is 2. The molecule has 0 aliphatic carbocycles. The van der Waals surface area contributed by atoms with Crippen LogP contribution in [-0.2, 0) is 12.6 Å². The highest BCUT2D eigenvalue weighted by atomic mass is 35.5. The number of halogens is 4. The molecule has 1 N–H and O–H groups in total. The minimum absolute atomic E-state index is 0.00716. The number of nitrogens with one attached hydrogen (secondary N) is 1. The number of hydrogen-bond acceptors (Lipinski definition) is 3. The van der Waals surface area contributed by atoms with Gasteiger partial charge in [-0.15, -0.1) is 0 Å². The van der Waals surface area contributed by atoms with Gasteiger partial charge in [0.25, 0.3) is 5.69 Å². The summed E-state index contributed by atoms with van der Waals surface area (Å²) < 4.78 is 38.9. The van der Waals surface area contributed by atoms with Crippen LogP contribution in [0.3, 0.4) is 0 Å². The van der Waals surface area contributed by atoms with E-state index >= 15 is 0 Å². The molecule has 0 fully saturated rings. The minimum atomic E-state index is -4.50. The molecule has 0 amide bonds. The maximum atomic E-state index is 13.0. The third-order valence-electron chi connectivity index (χ3n) is 3.19. The number of alkyl halides is 3. The van der Waals surface area contributed by atoms with Crippen LogP contribution in [0.15, 0.2) is 42.5 Å². The molecule has 4 nitrogen and oxygen atoms in total. The molecule has 0 aliphatic rings. The summed E-state index contributed by atoms with van der Waals surface area (Å²) in [7, 11) is 0. The number of rotatable bonds is 5. The third kappa shape index (κ3) is 4.35. The number of nitro benzene ring substituents is 1. The Hall–Kier alpha value is -2.28. The normalized spacial score (nSPS) is 11.3. The van der Waals surface area contributed by atoms with Crippen LogP contribution < -0.4 is 5.32 Å². The van der Waals surface area contributed by atoms with Crippen LogP contribution in [0.5, 0.6) is 0 Å². The summed E-state index contributed by atoms with van der Waals surface area (Å²) in [5.41, 5.74) is -0.581. The first-order valence-corrected chi connectivity index (χ1v) is 7.00. The Labute approximate surface area is 135 Å². The molecule has 0 aliphatic heterocycles. The van der Waals surface area contributed by atoms with Crippen molar-refractivity contribution in [1.29, 1.82) is 0 Å². The van der Waals surface area contributed by atoms with Gasteiger partial charge >= 0.3 is 6.18 Å². The highest BCUT2D eigenvalue weighted by Crippen LogP contribution is 2.34. The first-order chi connectivity index (χ1) is 10.8. The average molecular weight is 345 g/mol. The Morgan fingerprint density at radius 1 is 1.17 bits per heavy atom. The van der Waals surface area contributed by atoms with Crippen LogP contribution in [0.4, 0.5) is 24.5 Å². The molecular formula is C15H12ClF3N2O2. The zero-order valence-corrected chi connectivity index (χ0v) is 12.5. The van der Waals surface area contributed by atoms with E-state index in [0.717, 1.165) is 6.07 Å². The van der Waals surface area contributed by atoms with Gasteiger partial charge in [0.1, 0.15) is 5.69 Å². The lowest BCUT2D eigenvalue weighted by Crippen LogP contribution is -2.13. The van der Waals surface area contributed by atoms with E-state index in [1.807, 2.05) is 0 Å². The Balaban J connectivity index is 2.13. The van der Waals surface area contributed by atoms with E-state index < -0.39 is 16.7 Å². The second kappa shape index (κ2) is 6.87. The van der Waals surface area contributed by atoms with Gasteiger partial charge in [0, 0.05) is 17.6 Å². The Morgan fingerprint density at radius 2 is 1.87 bits per heavy atom. The molecule has 8 heteroatoms. The molecule has 0 saturated heterocycles. The number of nitro groups is 1. The van der Waals surface area contributed by atoms with Gasteiger partial charge in [-0.3, -0.25) is 10.1 Å². The number of anilines is 1. The highest BCUT2D eigenvalue weighted by molar-refractivity contribution is 6.30. The lowest BCUT2D eigenvalue weighted by molar-refractivity contribution is -0.384. The van der Waals surface area contributed by atoms with Crippen LogP contribution in [0.25, 0.3) is 0 Å². The lowest BCUT2D eigenvalue weighted by Gasteiger charge is -2.14. The van der Waals surface area contributed by atoms with Crippen LogP contribution in [0, 0.1) is 10.1 Å². The Bertz CT molecular complexity index is 720. The average Bonchev–Trinajstić information content (AvgIpc) is 2.48. The zero-order chi connectivity index (χ0) is 17.0. The first kappa shape index (κ1) is 17.1. The topological polar surface area (TPSA) is 55.2 Å². The molecule has 0 radical (unpaired) electrons. The minimum Gasteiger partial charge on any atom is -0.379 e. The van der Waals surface area contributed by atoms with E-state index in [1.165, 1.54) is 30.3 Å². The second-order valence-electron chi connectivity index (χ2n) is 4.75. The summed E-state index contributed by atoms with van der Waals surface area (Å²) in [6.45, 7) is 0.121. The van der Waals surface area contributed by atoms with Crippen molar-refractivity contribution in [3.63, 3.8) is 0 Å². The Morgan fingerprint density at radius 3 is 2.52 bits per heavy atom. The van der Waals surface area contributed by atoms with E-state index in [9.17, 15) is 23.3 Å². The number of nitrogens with zero attached hydrogens (tertiary/aromatic N) is 1. The standard InChI is InChI=1S/C15H12ClF3N2O2/c16-11-6-5-10(12(9-11)15(17,18)19)7-8-20-13-3-1-2-4-14(13)21(22)23/h1-6,9,20H,7-8H2. The number of para-hydroxylation sites is 2. The van der Waals surface area contributed by atoms with Crippen molar-refractivity contribution < 1.29 is 18.1 Å². The summed E-state index contributed by atoms with van der Waals surface area (Å²) in [5.74, 6) is 0. The third-order valence-corrected chi connectivity index (χ3v) is 3.42. The molecule has 0 bridgehead atoms. The molecule has 23 heavy (non-hydrogen) atoms. The van der Waals surface area contributed by atoms with Crippen molar-refractivity contribution in [3.05, 3.63) is 68.7 Å². The van der Waals surface area contributed by atoms with E-state index in [1.54, 1.807) is 6.07 Å². The van der Waals surface area contributed by atoms with Crippen molar-refractivity contribution in [3.8, 4) is 0 Å². The first-order valence-electron chi connectivity index (χ1n) is 6.62.